The van der Waals surface area contributed by atoms with Crippen LogP contribution in [0.5, 0.6) is 0 Å². The van der Waals surface area contributed by atoms with Gasteiger partial charge in [0.1, 0.15) is 0 Å². The van der Waals surface area contributed by atoms with Crippen molar-refractivity contribution < 1.29 is 14.3 Å². The second-order valence-corrected chi connectivity index (χ2v) is 3.80. The van der Waals surface area contributed by atoms with Crippen molar-refractivity contribution in [1.29, 1.82) is 0 Å². The highest BCUT2D eigenvalue weighted by Gasteiger charge is 2.26. The number of aromatic nitrogens is 2. The van der Waals surface area contributed by atoms with Crippen LogP contribution in [0.1, 0.15) is 42.0 Å². The second-order valence-electron chi connectivity index (χ2n) is 3.80. The van der Waals surface area contributed by atoms with Crippen LogP contribution in [-0.4, -0.2) is 28.9 Å². The van der Waals surface area contributed by atoms with Gasteiger partial charge in [0.05, 0.1) is 25.0 Å². The number of ether oxygens (including phenoxy) is 2. The van der Waals surface area contributed by atoms with Crippen molar-refractivity contribution >= 4 is 5.97 Å². The molecule has 16 heavy (non-hydrogen) atoms. The third-order valence-electron chi connectivity index (χ3n) is 2.77. The van der Waals surface area contributed by atoms with Crippen molar-refractivity contribution in [2.45, 2.75) is 39.4 Å². The summed E-state index contributed by atoms with van der Waals surface area (Å²) in [5.41, 5.74) is 2.27. The topological polar surface area (TPSA) is 64.2 Å². The molecule has 0 saturated carbocycles. The molecule has 1 N–H and O–H groups in total. The van der Waals surface area contributed by atoms with Crippen molar-refractivity contribution in [2.75, 3.05) is 6.61 Å². The summed E-state index contributed by atoms with van der Waals surface area (Å²) >= 11 is 0. The van der Waals surface area contributed by atoms with Crippen LogP contribution in [0.2, 0.25) is 0 Å². The van der Waals surface area contributed by atoms with E-state index in [0.717, 1.165) is 24.1 Å². The highest BCUT2D eigenvalue weighted by atomic mass is 16.5. The van der Waals surface area contributed by atoms with Gasteiger partial charge in [-0.2, -0.15) is 5.10 Å². The fraction of sp³-hybridized carbons (Fsp3) is 0.636. The summed E-state index contributed by atoms with van der Waals surface area (Å²) in [6.45, 7) is 4.73. The van der Waals surface area contributed by atoms with Crippen molar-refractivity contribution in [1.82, 2.24) is 10.2 Å². The molecule has 2 heterocycles. The molecule has 0 aliphatic carbocycles. The first-order valence-electron chi connectivity index (χ1n) is 5.61. The van der Waals surface area contributed by atoms with Gasteiger partial charge < -0.3 is 9.47 Å². The monoisotopic (exact) mass is 224 g/mol. The van der Waals surface area contributed by atoms with E-state index in [2.05, 4.69) is 17.1 Å². The van der Waals surface area contributed by atoms with Crippen LogP contribution < -0.4 is 0 Å². The van der Waals surface area contributed by atoms with E-state index in [1.165, 1.54) is 0 Å². The van der Waals surface area contributed by atoms with E-state index < -0.39 is 0 Å². The molecular weight excluding hydrogens is 208 g/mol. The summed E-state index contributed by atoms with van der Waals surface area (Å²) in [5.74, 6) is -0.350. The first-order valence-corrected chi connectivity index (χ1v) is 5.61. The average molecular weight is 224 g/mol. The highest BCUT2D eigenvalue weighted by Crippen LogP contribution is 2.23. The van der Waals surface area contributed by atoms with Gasteiger partial charge in [-0.3, -0.25) is 5.10 Å². The molecule has 1 unspecified atom stereocenters. The number of nitrogens with one attached hydrogen (secondary N) is 1. The lowest BCUT2D eigenvalue weighted by Gasteiger charge is -2.21. The van der Waals surface area contributed by atoms with E-state index in [1.54, 1.807) is 6.92 Å². The molecule has 1 aliphatic heterocycles. The van der Waals surface area contributed by atoms with E-state index in [4.69, 9.17) is 9.47 Å². The third kappa shape index (κ3) is 1.95. The summed E-state index contributed by atoms with van der Waals surface area (Å²) < 4.78 is 10.5. The molecule has 5 nitrogen and oxygen atoms in total. The van der Waals surface area contributed by atoms with Gasteiger partial charge in [-0.15, -0.1) is 0 Å². The van der Waals surface area contributed by atoms with Crippen LogP contribution in [-0.2, 0) is 22.5 Å². The molecule has 0 amide bonds. The normalized spacial score (nSPS) is 19.2. The number of nitrogens with zero attached hydrogens (tertiary/aromatic N) is 1. The van der Waals surface area contributed by atoms with E-state index >= 15 is 0 Å². The summed E-state index contributed by atoms with van der Waals surface area (Å²) in [4.78, 5) is 11.6. The summed E-state index contributed by atoms with van der Waals surface area (Å²) in [5, 5.41) is 6.84. The Kier molecular flexibility index (Phi) is 3.24. The molecule has 0 saturated heterocycles. The molecular formula is C11H16N2O3. The van der Waals surface area contributed by atoms with E-state index in [-0.39, 0.29) is 12.1 Å². The minimum atomic E-state index is -0.350. The van der Waals surface area contributed by atoms with Crippen molar-refractivity contribution in [2.24, 2.45) is 0 Å². The molecule has 1 aliphatic rings. The standard InChI is InChI=1S/C11H16N2O3/c1-3-7-5-8-9(6-16-7)12-13-10(8)11(14)15-4-2/h7H,3-6H2,1-2H3,(H,12,13). The maximum atomic E-state index is 11.6. The predicted molar refractivity (Wildman–Crippen MR) is 57.1 cm³/mol. The van der Waals surface area contributed by atoms with Crippen molar-refractivity contribution in [3.05, 3.63) is 17.0 Å². The molecule has 1 atom stereocenters. The van der Waals surface area contributed by atoms with Crippen LogP contribution in [0.4, 0.5) is 0 Å². The number of carbonyl (C=O) groups excluding carboxylic acids is 1. The van der Waals surface area contributed by atoms with Gasteiger partial charge in [0.15, 0.2) is 5.69 Å². The molecule has 1 aromatic rings. The number of hydrogen-bond donors (Lipinski definition) is 1. The second kappa shape index (κ2) is 4.65. The molecule has 1 aromatic heterocycles. The summed E-state index contributed by atoms with van der Waals surface area (Å²) in [6.07, 6.45) is 1.85. The van der Waals surface area contributed by atoms with E-state index in [0.29, 0.717) is 18.9 Å². The molecule has 88 valence electrons. The van der Waals surface area contributed by atoms with Crippen molar-refractivity contribution in [3.63, 3.8) is 0 Å². The SMILES string of the molecule is CCOC(=O)c1n[nH]c2c1CC(CC)OC2. The van der Waals surface area contributed by atoms with Gasteiger partial charge in [0, 0.05) is 12.0 Å². The zero-order chi connectivity index (χ0) is 11.5. The van der Waals surface area contributed by atoms with Gasteiger partial charge >= 0.3 is 5.97 Å². The summed E-state index contributed by atoms with van der Waals surface area (Å²) in [6, 6.07) is 0. The number of hydrogen-bond acceptors (Lipinski definition) is 4. The Hall–Kier alpha value is -1.36. The number of carbonyl (C=O) groups is 1. The Morgan fingerprint density at radius 1 is 1.62 bits per heavy atom. The van der Waals surface area contributed by atoms with Crippen LogP contribution in [0.3, 0.4) is 0 Å². The Bertz CT molecular complexity index is 387. The lowest BCUT2D eigenvalue weighted by atomic mass is 10.0. The quantitative estimate of drug-likeness (QED) is 0.789. The number of fused-ring (bicyclic) bond motifs is 1. The lowest BCUT2D eigenvalue weighted by molar-refractivity contribution is 0.0240. The Morgan fingerprint density at radius 2 is 2.44 bits per heavy atom. The van der Waals surface area contributed by atoms with Crippen LogP contribution in [0.25, 0.3) is 0 Å². The molecule has 0 spiro atoms. The first-order chi connectivity index (χ1) is 7.76. The molecule has 0 bridgehead atoms. The van der Waals surface area contributed by atoms with Crippen LogP contribution in [0, 0.1) is 0 Å². The largest absolute Gasteiger partial charge is 0.461 e. The van der Waals surface area contributed by atoms with Gasteiger partial charge in [0.25, 0.3) is 0 Å². The zero-order valence-corrected chi connectivity index (χ0v) is 9.58. The molecule has 5 heteroatoms. The maximum absolute atomic E-state index is 11.6. The summed E-state index contributed by atoms with van der Waals surface area (Å²) in [7, 11) is 0. The first kappa shape index (κ1) is 11.1. The smallest absolute Gasteiger partial charge is 0.359 e. The Balaban J connectivity index is 2.22. The lowest BCUT2D eigenvalue weighted by Crippen LogP contribution is -2.22. The number of aromatic amines is 1. The molecule has 2 rings (SSSR count). The van der Waals surface area contributed by atoms with Crippen LogP contribution in [0.15, 0.2) is 0 Å². The van der Waals surface area contributed by atoms with Gasteiger partial charge in [-0.1, -0.05) is 6.92 Å². The minimum Gasteiger partial charge on any atom is -0.461 e. The van der Waals surface area contributed by atoms with Gasteiger partial charge in [-0.25, -0.2) is 4.79 Å². The molecule has 0 radical (unpaired) electrons. The average Bonchev–Trinajstić information content (AvgIpc) is 2.71. The number of H-pyrrole nitrogens is 1. The Morgan fingerprint density at radius 3 is 3.12 bits per heavy atom. The minimum absolute atomic E-state index is 0.179. The zero-order valence-electron chi connectivity index (χ0n) is 9.58. The van der Waals surface area contributed by atoms with E-state index in [1.807, 2.05) is 0 Å². The van der Waals surface area contributed by atoms with Crippen molar-refractivity contribution in [3.8, 4) is 0 Å². The highest BCUT2D eigenvalue weighted by molar-refractivity contribution is 5.89. The maximum Gasteiger partial charge on any atom is 0.359 e. The fourth-order valence-electron chi connectivity index (χ4n) is 1.86. The number of rotatable bonds is 3. The molecule has 0 aromatic carbocycles. The van der Waals surface area contributed by atoms with Gasteiger partial charge in [0.2, 0.25) is 0 Å². The third-order valence-corrected chi connectivity index (χ3v) is 2.77. The van der Waals surface area contributed by atoms with Crippen LogP contribution >= 0.6 is 0 Å². The number of esters is 1. The predicted octanol–water partition coefficient (Wildman–Crippen LogP) is 1.44. The Labute approximate surface area is 94.1 Å². The van der Waals surface area contributed by atoms with Gasteiger partial charge in [-0.05, 0) is 13.3 Å². The fourth-order valence-corrected chi connectivity index (χ4v) is 1.86. The van der Waals surface area contributed by atoms with E-state index in [9.17, 15) is 4.79 Å². The molecule has 0 fully saturated rings.